The minimum Gasteiger partial charge on any atom is -0.486 e. The molecule has 0 spiro atoms. The minimum absolute atomic E-state index is 0.409. The van der Waals surface area contributed by atoms with Crippen LogP contribution in [0.15, 0.2) is 65.1 Å². The zero-order valence-corrected chi connectivity index (χ0v) is 13.7. The zero-order chi connectivity index (χ0) is 17.5. The highest BCUT2D eigenvalue weighted by Crippen LogP contribution is 2.33. The summed E-state index contributed by atoms with van der Waals surface area (Å²) in [5, 5.41) is 1.90. The van der Waals surface area contributed by atoms with E-state index in [1.54, 1.807) is 24.3 Å². The number of carbonyl (C=O) groups is 1. The van der Waals surface area contributed by atoms with Crippen LogP contribution in [-0.4, -0.2) is 19.2 Å². The summed E-state index contributed by atoms with van der Waals surface area (Å²) in [6.45, 7) is 0.977. The van der Waals surface area contributed by atoms with Crippen LogP contribution in [0.4, 0.5) is 0 Å². The Kier molecular flexibility index (Phi) is 3.31. The number of para-hydroxylation sites is 1. The predicted molar refractivity (Wildman–Crippen MR) is 96.1 cm³/mol. The van der Waals surface area contributed by atoms with Crippen molar-refractivity contribution in [3.05, 3.63) is 66.2 Å². The SMILES string of the molecule is O=C(Oc1ccc2oc3ccccc3c2c1)c1ccc2c(c1)OCCO2. The van der Waals surface area contributed by atoms with Crippen molar-refractivity contribution in [1.29, 1.82) is 0 Å². The van der Waals surface area contributed by atoms with Crippen LogP contribution < -0.4 is 14.2 Å². The summed E-state index contributed by atoms with van der Waals surface area (Å²) in [6, 6.07) is 18.1. The van der Waals surface area contributed by atoms with Crippen LogP contribution in [0.5, 0.6) is 17.2 Å². The standard InChI is InChI=1S/C21H14O5/c22-21(13-5-7-19-20(11-13)24-10-9-23-19)25-14-6-8-18-16(12-14)15-3-1-2-4-17(15)26-18/h1-8,11-12H,9-10H2. The van der Waals surface area contributed by atoms with Crippen molar-refractivity contribution < 1.29 is 23.4 Å². The Hall–Kier alpha value is -3.47. The van der Waals surface area contributed by atoms with E-state index < -0.39 is 5.97 Å². The molecule has 0 fully saturated rings. The molecule has 0 radical (unpaired) electrons. The quantitative estimate of drug-likeness (QED) is 0.393. The number of carbonyl (C=O) groups excluding carboxylic acids is 1. The van der Waals surface area contributed by atoms with E-state index in [0.717, 1.165) is 21.9 Å². The Labute approximate surface area is 148 Å². The number of benzene rings is 3. The molecule has 0 unspecified atom stereocenters. The number of hydrogen-bond acceptors (Lipinski definition) is 5. The Balaban J connectivity index is 1.47. The first-order valence-corrected chi connectivity index (χ1v) is 8.31. The maximum Gasteiger partial charge on any atom is 0.343 e. The van der Waals surface area contributed by atoms with Gasteiger partial charge in [0.05, 0.1) is 5.56 Å². The van der Waals surface area contributed by atoms with Gasteiger partial charge in [-0.15, -0.1) is 0 Å². The number of fused-ring (bicyclic) bond motifs is 4. The summed E-state index contributed by atoms with van der Waals surface area (Å²) in [4.78, 5) is 12.5. The number of furan rings is 1. The summed E-state index contributed by atoms with van der Waals surface area (Å²) in [5.41, 5.74) is 1.97. The third kappa shape index (κ3) is 2.45. The highest BCUT2D eigenvalue weighted by atomic mass is 16.6. The molecule has 0 atom stereocenters. The second kappa shape index (κ2) is 5.81. The Morgan fingerprint density at radius 3 is 2.54 bits per heavy atom. The molecule has 2 heterocycles. The average molecular weight is 346 g/mol. The first kappa shape index (κ1) is 14.8. The third-order valence-corrected chi connectivity index (χ3v) is 4.34. The summed E-state index contributed by atoms with van der Waals surface area (Å²) in [6.07, 6.45) is 0. The van der Waals surface area contributed by atoms with Gasteiger partial charge in [-0.3, -0.25) is 0 Å². The van der Waals surface area contributed by atoms with E-state index in [2.05, 4.69) is 0 Å². The lowest BCUT2D eigenvalue weighted by molar-refractivity contribution is 0.0734. The number of esters is 1. The molecule has 1 aromatic heterocycles. The van der Waals surface area contributed by atoms with Crippen molar-refractivity contribution in [2.24, 2.45) is 0 Å². The van der Waals surface area contributed by atoms with Gasteiger partial charge in [-0.2, -0.15) is 0 Å². The number of rotatable bonds is 2. The highest BCUT2D eigenvalue weighted by Gasteiger charge is 2.17. The molecule has 5 nitrogen and oxygen atoms in total. The lowest BCUT2D eigenvalue weighted by atomic mass is 10.1. The molecule has 1 aliphatic heterocycles. The van der Waals surface area contributed by atoms with Crippen LogP contribution in [0.3, 0.4) is 0 Å². The third-order valence-electron chi connectivity index (χ3n) is 4.34. The van der Waals surface area contributed by atoms with Gasteiger partial charge in [0, 0.05) is 10.8 Å². The van der Waals surface area contributed by atoms with Crippen molar-refractivity contribution in [2.45, 2.75) is 0 Å². The van der Waals surface area contributed by atoms with Crippen LogP contribution in [0.25, 0.3) is 21.9 Å². The molecule has 3 aromatic carbocycles. The van der Waals surface area contributed by atoms with Crippen molar-refractivity contribution >= 4 is 27.9 Å². The van der Waals surface area contributed by atoms with Gasteiger partial charge in [0.1, 0.15) is 30.1 Å². The van der Waals surface area contributed by atoms with Crippen molar-refractivity contribution in [1.82, 2.24) is 0 Å². The molecule has 0 saturated carbocycles. The topological polar surface area (TPSA) is 57.9 Å². The van der Waals surface area contributed by atoms with E-state index in [0.29, 0.717) is 36.0 Å². The molecule has 0 aliphatic carbocycles. The molecule has 128 valence electrons. The molecule has 5 rings (SSSR count). The fraction of sp³-hybridized carbons (Fsp3) is 0.0952. The Bertz CT molecular complexity index is 1140. The molecule has 0 N–H and O–H groups in total. The van der Waals surface area contributed by atoms with Crippen LogP contribution in [-0.2, 0) is 0 Å². The molecule has 5 heteroatoms. The van der Waals surface area contributed by atoms with E-state index in [1.807, 2.05) is 36.4 Å². The largest absolute Gasteiger partial charge is 0.486 e. The summed E-state index contributed by atoms with van der Waals surface area (Å²) in [5.74, 6) is 1.21. The molecular weight excluding hydrogens is 332 g/mol. The van der Waals surface area contributed by atoms with Crippen molar-refractivity contribution in [3.8, 4) is 17.2 Å². The molecule has 1 aliphatic rings. The van der Waals surface area contributed by atoms with E-state index in [1.165, 1.54) is 0 Å². The van der Waals surface area contributed by atoms with Crippen LogP contribution in [0.1, 0.15) is 10.4 Å². The lowest BCUT2D eigenvalue weighted by Crippen LogP contribution is -2.16. The predicted octanol–water partition coefficient (Wildman–Crippen LogP) is 4.58. The normalized spacial score (nSPS) is 13.1. The van der Waals surface area contributed by atoms with Gasteiger partial charge in [-0.25, -0.2) is 4.79 Å². The highest BCUT2D eigenvalue weighted by molar-refractivity contribution is 6.05. The second-order valence-electron chi connectivity index (χ2n) is 6.00. The zero-order valence-electron chi connectivity index (χ0n) is 13.7. The average Bonchev–Trinajstić information content (AvgIpc) is 3.05. The maximum atomic E-state index is 12.5. The Morgan fingerprint density at radius 2 is 1.62 bits per heavy atom. The van der Waals surface area contributed by atoms with Gasteiger partial charge in [0.15, 0.2) is 11.5 Å². The minimum atomic E-state index is -0.450. The fourth-order valence-corrected chi connectivity index (χ4v) is 3.10. The maximum absolute atomic E-state index is 12.5. The van der Waals surface area contributed by atoms with E-state index in [-0.39, 0.29) is 0 Å². The van der Waals surface area contributed by atoms with Crippen LogP contribution >= 0.6 is 0 Å². The van der Waals surface area contributed by atoms with Gasteiger partial charge in [-0.05, 0) is 42.5 Å². The first-order chi connectivity index (χ1) is 12.8. The first-order valence-electron chi connectivity index (χ1n) is 8.31. The molecular formula is C21H14O5. The fourth-order valence-electron chi connectivity index (χ4n) is 3.10. The number of hydrogen-bond donors (Lipinski definition) is 0. The molecule has 0 saturated heterocycles. The smallest absolute Gasteiger partial charge is 0.343 e. The van der Waals surface area contributed by atoms with Gasteiger partial charge in [0.2, 0.25) is 0 Å². The monoisotopic (exact) mass is 346 g/mol. The van der Waals surface area contributed by atoms with Gasteiger partial charge >= 0.3 is 5.97 Å². The van der Waals surface area contributed by atoms with Gasteiger partial charge in [0.25, 0.3) is 0 Å². The summed E-state index contributed by atoms with van der Waals surface area (Å²) in [7, 11) is 0. The molecule has 0 bridgehead atoms. The van der Waals surface area contributed by atoms with Gasteiger partial charge < -0.3 is 18.6 Å². The number of ether oxygens (including phenoxy) is 3. The van der Waals surface area contributed by atoms with E-state index in [4.69, 9.17) is 18.6 Å². The van der Waals surface area contributed by atoms with E-state index >= 15 is 0 Å². The Morgan fingerprint density at radius 1 is 0.808 bits per heavy atom. The van der Waals surface area contributed by atoms with Gasteiger partial charge in [-0.1, -0.05) is 18.2 Å². The summed E-state index contributed by atoms with van der Waals surface area (Å²) >= 11 is 0. The summed E-state index contributed by atoms with van der Waals surface area (Å²) < 4.78 is 22.3. The molecule has 26 heavy (non-hydrogen) atoms. The molecule has 0 amide bonds. The van der Waals surface area contributed by atoms with Crippen molar-refractivity contribution in [3.63, 3.8) is 0 Å². The second-order valence-corrected chi connectivity index (χ2v) is 6.00. The van der Waals surface area contributed by atoms with E-state index in [9.17, 15) is 4.79 Å². The van der Waals surface area contributed by atoms with Crippen LogP contribution in [0.2, 0.25) is 0 Å². The molecule has 4 aromatic rings. The van der Waals surface area contributed by atoms with Crippen molar-refractivity contribution in [2.75, 3.05) is 13.2 Å². The van der Waals surface area contributed by atoms with Crippen LogP contribution in [0, 0.1) is 0 Å². The lowest BCUT2D eigenvalue weighted by Gasteiger charge is -2.18.